The Morgan fingerprint density at radius 2 is 2.15 bits per heavy atom. The van der Waals surface area contributed by atoms with Crippen LogP contribution < -0.4 is 5.32 Å². The normalized spacial score (nSPS) is 12.2. The molecule has 0 saturated carbocycles. The number of nitrogens with zero attached hydrogens (tertiary/aromatic N) is 1. The van der Waals surface area contributed by atoms with E-state index in [4.69, 9.17) is 8.83 Å². The minimum Gasteiger partial charge on any atom is -0.468 e. The van der Waals surface area contributed by atoms with E-state index in [1.807, 2.05) is 0 Å². The minimum absolute atomic E-state index is 0.108. The predicted octanol–water partition coefficient (Wildman–Crippen LogP) is 2.18. The zero-order valence-electron chi connectivity index (χ0n) is 11.1. The largest absolute Gasteiger partial charge is 0.468 e. The Morgan fingerprint density at radius 1 is 1.40 bits per heavy atom. The molecule has 0 spiro atoms. The number of nitrogens with one attached hydrogen (secondary N) is 1. The fraction of sp³-hybridized carbons (Fsp3) is 0.333. The maximum absolute atomic E-state index is 12.5. The summed E-state index contributed by atoms with van der Waals surface area (Å²) in [7, 11) is -0.386. The van der Waals surface area contributed by atoms with Crippen molar-refractivity contribution in [3.8, 4) is 0 Å². The molecule has 1 N–H and O–H groups in total. The van der Waals surface area contributed by atoms with Crippen LogP contribution in [-0.2, 0) is 23.1 Å². The zero-order chi connectivity index (χ0) is 14.8. The van der Waals surface area contributed by atoms with Crippen molar-refractivity contribution in [2.45, 2.75) is 18.0 Å². The molecule has 2 rings (SSSR count). The van der Waals surface area contributed by atoms with Gasteiger partial charge in [-0.2, -0.15) is 4.31 Å². The molecule has 8 heteroatoms. The van der Waals surface area contributed by atoms with Crippen molar-refractivity contribution in [3.05, 3.63) is 40.7 Å². The van der Waals surface area contributed by atoms with E-state index in [-0.39, 0.29) is 16.1 Å². The van der Waals surface area contributed by atoms with Gasteiger partial charge in [0, 0.05) is 13.1 Å². The van der Waals surface area contributed by atoms with Crippen molar-refractivity contribution in [1.29, 1.82) is 0 Å². The van der Waals surface area contributed by atoms with E-state index in [0.717, 1.165) is 0 Å². The number of sulfonamides is 1. The molecule has 0 amide bonds. The Hall–Kier alpha value is -1.09. The molecule has 0 bridgehead atoms. The molecule has 110 valence electrons. The summed E-state index contributed by atoms with van der Waals surface area (Å²) in [5.74, 6) is 1.12. The van der Waals surface area contributed by atoms with Gasteiger partial charge in [0.1, 0.15) is 16.4 Å². The summed E-state index contributed by atoms with van der Waals surface area (Å²) >= 11 is 3.15. The number of halogens is 1. The maximum atomic E-state index is 12.5. The van der Waals surface area contributed by atoms with Gasteiger partial charge in [-0.1, -0.05) is 0 Å². The molecule has 6 nitrogen and oxygen atoms in total. The van der Waals surface area contributed by atoms with E-state index < -0.39 is 10.0 Å². The molecular weight excluding hydrogens is 348 g/mol. The molecule has 0 radical (unpaired) electrons. The first-order chi connectivity index (χ1) is 9.45. The topological polar surface area (TPSA) is 75.7 Å². The van der Waals surface area contributed by atoms with Crippen LogP contribution in [0.15, 0.2) is 42.9 Å². The molecule has 0 aliphatic carbocycles. The van der Waals surface area contributed by atoms with Gasteiger partial charge in [-0.05, 0) is 35.1 Å². The minimum atomic E-state index is -3.64. The summed E-state index contributed by atoms with van der Waals surface area (Å²) in [6.45, 7) is 0.615. The van der Waals surface area contributed by atoms with Crippen LogP contribution in [0, 0.1) is 0 Å². The average Bonchev–Trinajstić information content (AvgIpc) is 2.99. The fourth-order valence-electron chi connectivity index (χ4n) is 1.71. The third-order valence-electron chi connectivity index (χ3n) is 2.70. The third kappa shape index (κ3) is 3.14. The highest BCUT2D eigenvalue weighted by molar-refractivity contribution is 9.10. The zero-order valence-corrected chi connectivity index (χ0v) is 13.5. The average molecular weight is 363 g/mol. The van der Waals surface area contributed by atoms with Crippen molar-refractivity contribution < 1.29 is 17.3 Å². The first-order valence-corrected chi connectivity index (χ1v) is 8.10. The maximum Gasteiger partial charge on any atom is 0.247 e. The van der Waals surface area contributed by atoms with Crippen molar-refractivity contribution in [3.63, 3.8) is 0 Å². The molecule has 0 aliphatic heterocycles. The van der Waals surface area contributed by atoms with Crippen LogP contribution in [0.5, 0.6) is 0 Å². The third-order valence-corrected chi connectivity index (χ3v) is 5.36. The molecule has 0 aliphatic rings. The summed E-state index contributed by atoms with van der Waals surface area (Å²) in [5, 5.41) is 2.90. The summed E-state index contributed by atoms with van der Waals surface area (Å²) in [6, 6.07) is 4.95. The Balaban J connectivity index is 2.25. The molecule has 0 saturated heterocycles. The Labute approximate surface area is 125 Å². The van der Waals surface area contributed by atoms with Crippen LogP contribution in [0.3, 0.4) is 0 Å². The predicted molar refractivity (Wildman–Crippen MR) is 76.5 cm³/mol. The Morgan fingerprint density at radius 3 is 2.75 bits per heavy atom. The highest BCUT2D eigenvalue weighted by atomic mass is 79.9. The highest BCUT2D eigenvalue weighted by Gasteiger charge is 2.27. The molecule has 0 unspecified atom stereocenters. The van der Waals surface area contributed by atoms with Crippen LogP contribution in [-0.4, -0.2) is 26.8 Å². The molecule has 2 aromatic heterocycles. The van der Waals surface area contributed by atoms with Crippen molar-refractivity contribution in [2.24, 2.45) is 0 Å². The summed E-state index contributed by atoms with van der Waals surface area (Å²) in [5.41, 5.74) is 0. The van der Waals surface area contributed by atoms with E-state index in [0.29, 0.717) is 18.1 Å². The lowest BCUT2D eigenvalue weighted by atomic mass is 10.4. The fourth-order valence-corrected chi connectivity index (χ4v) is 3.80. The molecule has 0 fully saturated rings. The Bertz CT molecular complexity index is 664. The number of rotatable bonds is 6. The lowest BCUT2D eigenvalue weighted by molar-refractivity contribution is 0.404. The highest BCUT2D eigenvalue weighted by Crippen LogP contribution is 2.28. The van der Waals surface area contributed by atoms with Gasteiger partial charge in [0.15, 0.2) is 4.67 Å². The first-order valence-electron chi connectivity index (χ1n) is 5.86. The van der Waals surface area contributed by atoms with Gasteiger partial charge >= 0.3 is 0 Å². The molecular formula is C12H15BrN2O4S. The van der Waals surface area contributed by atoms with Crippen LogP contribution >= 0.6 is 15.9 Å². The van der Waals surface area contributed by atoms with E-state index >= 15 is 0 Å². The second-order valence-corrected chi connectivity index (χ2v) is 6.95. The van der Waals surface area contributed by atoms with Gasteiger partial charge in [0.05, 0.1) is 19.4 Å². The van der Waals surface area contributed by atoms with Crippen LogP contribution in [0.2, 0.25) is 0 Å². The Kier molecular flexibility index (Phi) is 4.69. The SMILES string of the molecule is CNCc1cc(S(=O)(=O)N(C)Cc2ccco2)c(Br)o1. The smallest absolute Gasteiger partial charge is 0.247 e. The second-order valence-electron chi connectivity index (χ2n) is 4.22. The van der Waals surface area contributed by atoms with Gasteiger partial charge in [0.25, 0.3) is 0 Å². The monoisotopic (exact) mass is 362 g/mol. The number of hydrogen-bond acceptors (Lipinski definition) is 5. The van der Waals surface area contributed by atoms with Crippen LogP contribution in [0.4, 0.5) is 0 Å². The van der Waals surface area contributed by atoms with E-state index in [9.17, 15) is 8.42 Å². The second kappa shape index (κ2) is 6.13. The van der Waals surface area contributed by atoms with Gasteiger partial charge < -0.3 is 14.2 Å². The van der Waals surface area contributed by atoms with Crippen molar-refractivity contribution in [1.82, 2.24) is 9.62 Å². The number of furan rings is 2. The molecule has 20 heavy (non-hydrogen) atoms. The van der Waals surface area contributed by atoms with Gasteiger partial charge in [0.2, 0.25) is 10.0 Å². The van der Waals surface area contributed by atoms with Gasteiger partial charge in [-0.25, -0.2) is 8.42 Å². The molecule has 2 aromatic rings. The number of hydrogen-bond donors (Lipinski definition) is 1. The summed E-state index contributed by atoms with van der Waals surface area (Å²) in [6.07, 6.45) is 1.51. The van der Waals surface area contributed by atoms with Gasteiger partial charge in [-0.15, -0.1) is 0 Å². The summed E-state index contributed by atoms with van der Waals surface area (Å²) < 4.78 is 36.9. The van der Waals surface area contributed by atoms with Crippen LogP contribution in [0.1, 0.15) is 11.5 Å². The van der Waals surface area contributed by atoms with Crippen molar-refractivity contribution >= 4 is 26.0 Å². The van der Waals surface area contributed by atoms with Gasteiger partial charge in [-0.3, -0.25) is 0 Å². The van der Waals surface area contributed by atoms with Crippen molar-refractivity contribution in [2.75, 3.05) is 14.1 Å². The standard InChI is InChI=1S/C12H15BrN2O4S/c1-14-7-10-6-11(12(13)19-10)20(16,17)15(2)8-9-4-3-5-18-9/h3-6,14H,7-8H2,1-2H3. The summed E-state index contributed by atoms with van der Waals surface area (Å²) in [4.78, 5) is 0.108. The van der Waals surface area contributed by atoms with E-state index in [2.05, 4.69) is 21.2 Å². The van der Waals surface area contributed by atoms with Crippen LogP contribution in [0.25, 0.3) is 0 Å². The first kappa shape index (κ1) is 15.3. The lowest BCUT2D eigenvalue weighted by Gasteiger charge is -2.14. The van der Waals surface area contributed by atoms with E-state index in [1.165, 1.54) is 23.7 Å². The molecule has 0 atom stereocenters. The van der Waals surface area contributed by atoms with E-state index in [1.54, 1.807) is 19.2 Å². The lowest BCUT2D eigenvalue weighted by Crippen LogP contribution is -2.26. The molecule has 2 heterocycles. The molecule has 0 aromatic carbocycles. The quantitative estimate of drug-likeness (QED) is 0.852.